The molecule has 1 aromatic carbocycles. The summed E-state index contributed by atoms with van der Waals surface area (Å²) in [7, 11) is 0. The third-order valence-corrected chi connectivity index (χ3v) is 4.71. The smallest absolute Gasteiger partial charge is 0.251 e. The van der Waals surface area contributed by atoms with Crippen molar-refractivity contribution in [2.24, 2.45) is 5.92 Å². The Balaban J connectivity index is 1.78. The molecule has 0 bridgehead atoms. The van der Waals surface area contributed by atoms with Gasteiger partial charge < -0.3 is 10.2 Å². The average Bonchev–Trinajstić information content (AvgIpc) is 3.04. The average molecular weight is 372 g/mol. The Bertz CT molecular complexity index is 805. The predicted octanol–water partition coefficient (Wildman–Crippen LogP) is 3.47. The second-order valence-electron chi connectivity index (χ2n) is 6.91. The van der Waals surface area contributed by atoms with Gasteiger partial charge >= 0.3 is 0 Å². The molecule has 6 heteroatoms. The van der Waals surface area contributed by atoms with E-state index < -0.39 is 6.04 Å². The molecular formula is C20H22ClN3O2. The lowest BCUT2D eigenvalue weighted by atomic mass is 10.0. The van der Waals surface area contributed by atoms with Crippen molar-refractivity contribution in [1.29, 1.82) is 0 Å². The summed E-state index contributed by atoms with van der Waals surface area (Å²) in [5.74, 6) is -0.0743. The van der Waals surface area contributed by atoms with Crippen LogP contribution in [-0.4, -0.2) is 29.4 Å². The van der Waals surface area contributed by atoms with Gasteiger partial charge in [0.25, 0.3) is 5.91 Å². The minimum atomic E-state index is -0.572. The molecule has 3 rings (SSSR count). The van der Waals surface area contributed by atoms with Crippen LogP contribution in [-0.2, 0) is 11.2 Å². The van der Waals surface area contributed by atoms with Crippen molar-refractivity contribution in [1.82, 2.24) is 10.3 Å². The quantitative estimate of drug-likeness (QED) is 0.875. The monoisotopic (exact) mass is 371 g/mol. The van der Waals surface area contributed by atoms with Gasteiger partial charge in [-0.1, -0.05) is 25.4 Å². The molecule has 1 unspecified atom stereocenters. The Kier molecular flexibility index (Phi) is 5.57. The van der Waals surface area contributed by atoms with Crippen molar-refractivity contribution in [3.8, 4) is 0 Å². The van der Waals surface area contributed by atoms with Crippen molar-refractivity contribution in [3.05, 3.63) is 58.9 Å². The van der Waals surface area contributed by atoms with Crippen molar-refractivity contribution in [2.45, 2.75) is 32.7 Å². The number of fused-ring (bicyclic) bond motifs is 1. The van der Waals surface area contributed by atoms with Crippen LogP contribution in [0.3, 0.4) is 0 Å². The predicted molar refractivity (Wildman–Crippen MR) is 102 cm³/mol. The largest absolute Gasteiger partial charge is 0.340 e. The molecular weight excluding hydrogens is 350 g/mol. The topological polar surface area (TPSA) is 62.3 Å². The van der Waals surface area contributed by atoms with E-state index in [9.17, 15) is 9.59 Å². The first kappa shape index (κ1) is 18.4. The number of carbonyl (C=O) groups is 2. The molecule has 0 fully saturated rings. The lowest BCUT2D eigenvalue weighted by Crippen LogP contribution is -2.49. The van der Waals surface area contributed by atoms with E-state index in [2.05, 4.69) is 10.3 Å². The van der Waals surface area contributed by atoms with Crippen LogP contribution in [0.1, 0.15) is 36.2 Å². The van der Waals surface area contributed by atoms with Gasteiger partial charge in [0.15, 0.2) is 0 Å². The molecule has 1 aromatic heterocycles. The number of nitrogens with one attached hydrogen (secondary N) is 1. The normalized spacial score (nSPS) is 14.2. The van der Waals surface area contributed by atoms with Gasteiger partial charge in [0.05, 0.1) is 5.69 Å². The minimum Gasteiger partial charge on any atom is -0.340 e. The number of aromatic nitrogens is 1. The lowest BCUT2D eigenvalue weighted by Gasteiger charge is -2.26. The molecule has 2 aromatic rings. The van der Waals surface area contributed by atoms with E-state index in [1.807, 2.05) is 19.9 Å². The van der Waals surface area contributed by atoms with Crippen LogP contribution in [0.4, 0.5) is 5.69 Å². The Morgan fingerprint density at radius 2 is 1.96 bits per heavy atom. The van der Waals surface area contributed by atoms with Crippen LogP contribution in [0.25, 0.3) is 0 Å². The Morgan fingerprint density at radius 3 is 2.65 bits per heavy atom. The first-order chi connectivity index (χ1) is 12.5. The fraction of sp³-hybridized carbons (Fsp3) is 0.350. The van der Waals surface area contributed by atoms with E-state index in [1.165, 1.54) is 0 Å². The van der Waals surface area contributed by atoms with E-state index in [4.69, 9.17) is 11.6 Å². The first-order valence-corrected chi connectivity index (χ1v) is 9.14. The van der Waals surface area contributed by atoms with Gasteiger partial charge in [-0.15, -0.1) is 0 Å². The molecule has 1 N–H and O–H groups in total. The molecule has 0 saturated carbocycles. The van der Waals surface area contributed by atoms with E-state index in [0.717, 1.165) is 17.7 Å². The highest BCUT2D eigenvalue weighted by Crippen LogP contribution is 2.28. The third-order valence-electron chi connectivity index (χ3n) is 4.46. The summed E-state index contributed by atoms with van der Waals surface area (Å²) >= 11 is 5.88. The summed E-state index contributed by atoms with van der Waals surface area (Å²) in [5, 5.41) is 3.47. The van der Waals surface area contributed by atoms with Crippen molar-refractivity contribution < 1.29 is 9.59 Å². The summed E-state index contributed by atoms with van der Waals surface area (Å²) in [6.07, 6.45) is 4.85. The molecule has 2 heterocycles. The molecule has 1 atom stereocenters. The van der Waals surface area contributed by atoms with Crippen LogP contribution < -0.4 is 10.2 Å². The molecule has 26 heavy (non-hydrogen) atoms. The van der Waals surface area contributed by atoms with Crippen molar-refractivity contribution >= 4 is 29.1 Å². The fourth-order valence-corrected chi connectivity index (χ4v) is 3.31. The van der Waals surface area contributed by atoms with Gasteiger partial charge in [0.1, 0.15) is 6.04 Å². The fourth-order valence-electron chi connectivity index (χ4n) is 3.18. The number of anilines is 1. The number of carbonyl (C=O) groups excluding carboxylic acids is 2. The van der Waals surface area contributed by atoms with Crippen molar-refractivity contribution in [3.63, 3.8) is 0 Å². The second-order valence-corrected chi connectivity index (χ2v) is 7.34. The molecule has 1 aliphatic rings. The number of hydrogen-bond acceptors (Lipinski definition) is 3. The molecule has 1 aliphatic heterocycles. The molecule has 136 valence electrons. The number of hydrogen-bond donors (Lipinski definition) is 1. The van der Waals surface area contributed by atoms with Gasteiger partial charge in [-0.2, -0.15) is 0 Å². The van der Waals surface area contributed by atoms with Gasteiger partial charge in [0, 0.05) is 29.5 Å². The number of nitrogens with zero attached hydrogens (tertiary/aromatic N) is 2. The van der Waals surface area contributed by atoms with Gasteiger partial charge in [-0.25, -0.2) is 0 Å². The summed E-state index contributed by atoms with van der Waals surface area (Å²) in [4.78, 5) is 31.6. The number of benzene rings is 1. The molecule has 0 saturated heterocycles. The van der Waals surface area contributed by atoms with Crippen LogP contribution in [0.15, 0.2) is 42.7 Å². The number of amides is 2. The lowest BCUT2D eigenvalue weighted by molar-refractivity contribution is -0.120. The Morgan fingerprint density at radius 1 is 1.23 bits per heavy atom. The summed E-state index contributed by atoms with van der Waals surface area (Å²) < 4.78 is 0. The first-order valence-electron chi connectivity index (χ1n) is 8.76. The van der Waals surface area contributed by atoms with Gasteiger partial charge in [-0.3, -0.25) is 14.6 Å². The molecule has 0 spiro atoms. The van der Waals surface area contributed by atoms with Crippen molar-refractivity contribution in [2.75, 3.05) is 11.4 Å². The zero-order chi connectivity index (χ0) is 18.7. The number of halogens is 1. The third kappa shape index (κ3) is 4.05. The van der Waals surface area contributed by atoms with Gasteiger partial charge in [-0.05, 0) is 54.7 Å². The van der Waals surface area contributed by atoms with E-state index in [0.29, 0.717) is 23.6 Å². The van der Waals surface area contributed by atoms with E-state index >= 15 is 0 Å². The highest BCUT2D eigenvalue weighted by Gasteiger charge is 2.31. The highest BCUT2D eigenvalue weighted by atomic mass is 35.5. The Hall–Kier alpha value is -2.40. The standard InChI is InChI=1S/C20H22ClN3O2/c1-13(2)11-17(23-19(25)14-3-5-16(21)6-4-14)20(26)24-10-8-15-12-22-9-7-18(15)24/h3-7,9,12-13,17H,8,10-11H2,1-2H3,(H,23,25). The highest BCUT2D eigenvalue weighted by molar-refractivity contribution is 6.30. The van der Waals surface area contributed by atoms with E-state index in [1.54, 1.807) is 41.6 Å². The summed E-state index contributed by atoms with van der Waals surface area (Å²) in [5.41, 5.74) is 2.44. The van der Waals surface area contributed by atoms with Gasteiger partial charge in [0.2, 0.25) is 5.91 Å². The van der Waals surface area contributed by atoms with E-state index in [-0.39, 0.29) is 17.7 Å². The SMILES string of the molecule is CC(C)CC(NC(=O)c1ccc(Cl)cc1)C(=O)N1CCc2cnccc21. The Labute approximate surface area is 158 Å². The molecule has 0 aliphatic carbocycles. The minimum absolute atomic E-state index is 0.0778. The van der Waals surface area contributed by atoms with Crippen LogP contribution in [0.5, 0.6) is 0 Å². The number of pyridine rings is 1. The maximum absolute atomic E-state index is 13.1. The zero-order valence-corrected chi connectivity index (χ0v) is 15.7. The maximum atomic E-state index is 13.1. The molecule has 5 nitrogen and oxygen atoms in total. The number of rotatable bonds is 5. The van der Waals surface area contributed by atoms with Crippen LogP contribution in [0, 0.1) is 5.92 Å². The summed E-state index contributed by atoms with van der Waals surface area (Å²) in [6, 6.07) is 7.93. The zero-order valence-electron chi connectivity index (χ0n) is 14.9. The van der Waals surface area contributed by atoms with Crippen LogP contribution in [0.2, 0.25) is 5.02 Å². The molecule has 2 amide bonds. The van der Waals surface area contributed by atoms with Crippen LogP contribution >= 0.6 is 11.6 Å². The second kappa shape index (κ2) is 7.87. The molecule has 0 radical (unpaired) electrons. The maximum Gasteiger partial charge on any atom is 0.251 e. The summed E-state index contributed by atoms with van der Waals surface area (Å²) in [6.45, 7) is 4.69.